The summed E-state index contributed by atoms with van der Waals surface area (Å²) in [7, 11) is 1.50. The first kappa shape index (κ1) is 17.3. The van der Waals surface area contributed by atoms with E-state index in [1.54, 1.807) is 12.1 Å². The zero-order valence-corrected chi connectivity index (χ0v) is 14.1. The van der Waals surface area contributed by atoms with Crippen molar-refractivity contribution in [3.05, 3.63) is 63.6 Å². The molecule has 0 aliphatic heterocycles. The van der Waals surface area contributed by atoms with Crippen molar-refractivity contribution in [2.24, 2.45) is 5.10 Å². The first-order valence-electron chi connectivity index (χ1n) is 6.99. The number of aryl methyl sites for hydroxylation is 1. The van der Waals surface area contributed by atoms with Gasteiger partial charge in [0.1, 0.15) is 5.75 Å². The standard InChI is InChI=1S/C17H16Cl2N2O2/c1-23-17-13(9-14(18)10-15(17)19)11-20-21-16(22)8-7-12-5-3-2-4-6-12/h2-6,9-11H,7-8H2,1H3,(H,21,22)/b20-11+. The van der Waals surface area contributed by atoms with Crippen LogP contribution in [0.25, 0.3) is 0 Å². The van der Waals surface area contributed by atoms with Crippen LogP contribution in [0.1, 0.15) is 17.5 Å². The fraction of sp³-hybridized carbons (Fsp3) is 0.176. The Bertz CT molecular complexity index is 703. The van der Waals surface area contributed by atoms with Crippen LogP contribution >= 0.6 is 23.2 Å². The average molecular weight is 351 g/mol. The van der Waals surface area contributed by atoms with Crippen LogP contribution in [0.5, 0.6) is 5.75 Å². The number of hydrogen-bond donors (Lipinski definition) is 1. The number of nitrogens with zero attached hydrogens (tertiary/aromatic N) is 1. The Morgan fingerprint density at radius 2 is 2.00 bits per heavy atom. The Kier molecular flexibility index (Phi) is 6.44. The maximum Gasteiger partial charge on any atom is 0.240 e. The predicted molar refractivity (Wildman–Crippen MR) is 93.5 cm³/mol. The Hall–Kier alpha value is -2.04. The zero-order chi connectivity index (χ0) is 16.7. The van der Waals surface area contributed by atoms with E-state index < -0.39 is 0 Å². The van der Waals surface area contributed by atoms with Gasteiger partial charge in [-0.15, -0.1) is 0 Å². The van der Waals surface area contributed by atoms with Crippen molar-refractivity contribution < 1.29 is 9.53 Å². The smallest absolute Gasteiger partial charge is 0.240 e. The van der Waals surface area contributed by atoms with Gasteiger partial charge in [0.05, 0.1) is 18.3 Å². The van der Waals surface area contributed by atoms with Crippen LogP contribution in [0.4, 0.5) is 0 Å². The van der Waals surface area contributed by atoms with E-state index >= 15 is 0 Å². The molecule has 1 N–H and O–H groups in total. The number of halogens is 2. The van der Waals surface area contributed by atoms with Crippen molar-refractivity contribution in [2.75, 3.05) is 7.11 Å². The summed E-state index contributed by atoms with van der Waals surface area (Å²) >= 11 is 12.0. The van der Waals surface area contributed by atoms with E-state index in [-0.39, 0.29) is 5.91 Å². The van der Waals surface area contributed by atoms with Crippen LogP contribution in [0.15, 0.2) is 47.6 Å². The van der Waals surface area contributed by atoms with Gasteiger partial charge in [0.2, 0.25) is 5.91 Å². The minimum absolute atomic E-state index is 0.169. The lowest BCUT2D eigenvalue weighted by atomic mass is 10.1. The SMILES string of the molecule is COc1c(Cl)cc(Cl)cc1/C=N/NC(=O)CCc1ccccc1. The highest BCUT2D eigenvalue weighted by molar-refractivity contribution is 6.36. The van der Waals surface area contributed by atoms with Crippen molar-refractivity contribution >= 4 is 35.3 Å². The lowest BCUT2D eigenvalue weighted by Crippen LogP contribution is -2.17. The number of rotatable bonds is 6. The van der Waals surface area contributed by atoms with Gasteiger partial charge in [-0.1, -0.05) is 53.5 Å². The Balaban J connectivity index is 1.92. The second kappa shape index (κ2) is 8.56. The van der Waals surface area contributed by atoms with Gasteiger partial charge in [-0.05, 0) is 24.1 Å². The third-order valence-electron chi connectivity index (χ3n) is 3.12. The first-order chi connectivity index (χ1) is 11.1. The first-order valence-corrected chi connectivity index (χ1v) is 7.74. The van der Waals surface area contributed by atoms with E-state index in [2.05, 4.69) is 10.5 Å². The summed E-state index contributed by atoms with van der Waals surface area (Å²) in [6.45, 7) is 0. The van der Waals surface area contributed by atoms with Gasteiger partial charge in [0, 0.05) is 17.0 Å². The lowest BCUT2D eigenvalue weighted by Gasteiger charge is -2.07. The number of ether oxygens (including phenoxy) is 1. The van der Waals surface area contributed by atoms with Crippen LogP contribution < -0.4 is 10.2 Å². The van der Waals surface area contributed by atoms with E-state index in [1.807, 2.05) is 30.3 Å². The summed E-state index contributed by atoms with van der Waals surface area (Å²) in [5.74, 6) is 0.288. The van der Waals surface area contributed by atoms with Crippen molar-refractivity contribution in [2.45, 2.75) is 12.8 Å². The van der Waals surface area contributed by atoms with E-state index in [0.29, 0.717) is 34.2 Å². The predicted octanol–water partition coefficient (Wildman–Crippen LogP) is 4.08. The van der Waals surface area contributed by atoms with Gasteiger partial charge in [0.25, 0.3) is 0 Å². The summed E-state index contributed by atoms with van der Waals surface area (Å²) in [6, 6.07) is 13.0. The van der Waals surface area contributed by atoms with Crippen LogP contribution in [0.2, 0.25) is 10.0 Å². The third kappa shape index (κ3) is 5.27. The molecule has 6 heteroatoms. The summed E-state index contributed by atoms with van der Waals surface area (Å²) in [5, 5.41) is 4.77. The molecule has 1 amide bonds. The largest absolute Gasteiger partial charge is 0.495 e. The molecule has 0 heterocycles. The van der Waals surface area contributed by atoms with Gasteiger partial charge in [0.15, 0.2) is 0 Å². The summed E-state index contributed by atoms with van der Waals surface area (Å²) in [4.78, 5) is 11.8. The zero-order valence-electron chi connectivity index (χ0n) is 12.6. The molecule has 23 heavy (non-hydrogen) atoms. The molecule has 0 radical (unpaired) electrons. The Labute approximate surface area is 145 Å². The van der Waals surface area contributed by atoms with Crippen molar-refractivity contribution in [3.8, 4) is 5.75 Å². The molecule has 2 aromatic rings. The highest BCUT2D eigenvalue weighted by Crippen LogP contribution is 2.30. The molecule has 120 valence electrons. The minimum Gasteiger partial charge on any atom is -0.495 e. The molecule has 0 aliphatic carbocycles. The monoisotopic (exact) mass is 350 g/mol. The number of carbonyl (C=O) groups excluding carboxylic acids is 1. The molecule has 0 atom stereocenters. The summed E-state index contributed by atoms with van der Waals surface area (Å²) < 4.78 is 5.20. The number of methoxy groups -OCH3 is 1. The molecular formula is C17H16Cl2N2O2. The molecule has 0 fully saturated rings. The van der Waals surface area contributed by atoms with Gasteiger partial charge >= 0.3 is 0 Å². The van der Waals surface area contributed by atoms with Crippen LogP contribution in [-0.4, -0.2) is 19.2 Å². The van der Waals surface area contributed by atoms with Gasteiger partial charge in [-0.3, -0.25) is 4.79 Å². The molecule has 2 aromatic carbocycles. The highest BCUT2D eigenvalue weighted by Gasteiger charge is 2.08. The molecule has 0 saturated carbocycles. The number of hydrazone groups is 1. The molecule has 0 aliphatic rings. The molecule has 0 spiro atoms. The Morgan fingerprint density at radius 3 is 2.70 bits per heavy atom. The van der Waals surface area contributed by atoms with Crippen LogP contribution in [0, 0.1) is 0 Å². The van der Waals surface area contributed by atoms with Crippen molar-refractivity contribution in [3.63, 3.8) is 0 Å². The normalized spacial score (nSPS) is 10.7. The van der Waals surface area contributed by atoms with Crippen LogP contribution in [-0.2, 0) is 11.2 Å². The topological polar surface area (TPSA) is 50.7 Å². The quantitative estimate of drug-likeness (QED) is 0.630. The van der Waals surface area contributed by atoms with E-state index in [1.165, 1.54) is 13.3 Å². The molecule has 0 aromatic heterocycles. The fourth-order valence-electron chi connectivity index (χ4n) is 2.02. The molecular weight excluding hydrogens is 335 g/mol. The number of benzene rings is 2. The van der Waals surface area contributed by atoms with Crippen molar-refractivity contribution in [1.29, 1.82) is 0 Å². The summed E-state index contributed by atoms with van der Waals surface area (Å²) in [6.07, 6.45) is 2.47. The maximum atomic E-state index is 11.8. The molecule has 0 saturated heterocycles. The third-order valence-corrected chi connectivity index (χ3v) is 3.62. The van der Waals surface area contributed by atoms with Gasteiger partial charge < -0.3 is 4.74 Å². The Morgan fingerprint density at radius 1 is 1.26 bits per heavy atom. The van der Waals surface area contributed by atoms with Gasteiger partial charge in [-0.25, -0.2) is 5.43 Å². The highest BCUT2D eigenvalue weighted by atomic mass is 35.5. The second-order valence-corrected chi connectivity index (χ2v) is 5.63. The number of nitrogens with one attached hydrogen (secondary N) is 1. The number of carbonyl (C=O) groups is 1. The van der Waals surface area contributed by atoms with E-state index in [0.717, 1.165) is 5.56 Å². The van der Waals surface area contributed by atoms with Crippen molar-refractivity contribution in [1.82, 2.24) is 5.43 Å². The summed E-state index contributed by atoms with van der Waals surface area (Å²) in [5.41, 5.74) is 4.18. The maximum absolute atomic E-state index is 11.8. The number of amides is 1. The van der Waals surface area contributed by atoms with Gasteiger partial charge in [-0.2, -0.15) is 5.10 Å². The van der Waals surface area contributed by atoms with Crippen LogP contribution in [0.3, 0.4) is 0 Å². The molecule has 0 bridgehead atoms. The average Bonchev–Trinajstić information content (AvgIpc) is 2.53. The second-order valence-electron chi connectivity index (χ2n) is 4.79. The number of hydrogen-bond acceptors (Lipinski definition) is 3. The van der Waals surface area contributed by atoms with E-state index in [9.17, 15) is 4.79 Å². The molecule has 0 unspecified atom stereocenters. The molecule has 4 nitrogen and oxygen atoms in total. The molecule has 2 rings (SSSR count). The minimum atomic E-state index is -0.169. The van der Waals surface area contributed by atoms with E-state index in [4.69, 9.17) is 27.9 Å². The lowest BCUT2D eigenvalue weighted by molar-refractivity contribution is -0.121. The fourth-order valence-corrected chi connectivity index (χ4v) is 2.61.